The van der Waals surface area contributed by atoms with Gasteiger partial charge in [0.1, 0.15) is 4.88 Å². The molecule has 3 rings (SSSR count). The van der Waals surface area contributed by atoms with Gasteiger partial charge < -0.3 is 10.1 Å². The Morgan fingerprint density at radius 1 is 1.08 bits per heavy atom. The number of aryl methyl sites for hydroxylation is 2. The van der Waals surface area contributed by atoms with E-state index in [0.717, 1.165) is 27.6 Å². The monoisotopic (exact) mass is 353 g/mol. The Labute approximate surface area is 150 Å². The Hall–Kier alpha value is -2.66. The molecule has 0 unspecified atom stereocenters. The Balaban J connectivity index is 1.58. The van der Waals surface area contributed by atoms with Crippen LogP contribution in [0.25, 0.3) is 10.8 Å². The lowest BCUT2D eigenvalue weighted by atomic mass is 10.1. The lowest BCUT2D eigenvalue weighted by molar-refractivity contribution is -0.119. The van der Waals surface area contributed by atoms with E-state index in [1.807, 2.05) is 62.4 Å². The van der Waals surface area contributed by atoms with Crippen molar-refractivity contribution in [3.05, 3.63) is 63.8 Å². The minimum atomic E-state index is -0.457. The van der Waals surface area contributed by atoms with E-state index in [1.54, 1.807) is 0 Å². The molecule has 0 bridgehead atoms. The molecule has 3 aromatic rings. The maximum atomic E-state index is 12.1. The average Bonchev–Trinajstić information content (AvgIpc) is 3.00. The minimum absolute atomic E-state index is 0.302. The van der Waals surface area contributed by atoms with Crippen LogP contribution in [0, 0.1) is 6.92 Å². The van der Waals surface area contributed by atoms with Crippen LogP contribution in [0.2, 0.25) is 0 Å². The molecule has 25 heavy (non-hydrogen) atoms. The first kappa shape index (κ1) is 17.2. The summed E-state index contributed by atoms with van der Waals surface area (Å²) < 4.78 is 5.12. The number of ether oxygens (including phenoxy) is 1. The predicted molar refractivity (Wildman–Crippen MR) is 101 cm³/mol. The molecule has 1 N–H and O–H groups in total. The number of fused-ring (bicyclic) bond motifs is 1. The Kier molecular flexibility index (Phi) is 5.14. The largest absolute Gasteiger partial charge is 0.451 e. The normalized spacial score (nSPS) is 10.6. The molecular weight excluding hydrogens is 334 g/mol. The zero-order valence-corrected chi connectivity index (χ0v) is 15.0. The second kappa shape index (κ2) is 7.49. The fourth-order valence-electron chi connectivity index (χ4n) is 2.64. The molecule has 128 valence electrons. The highest BCUT2D eigenvalue weighted by Crippen LogP contribution is 2.23. The van der Waals surface area contributed by atoms with Crippen molar-refractivity contribution >= 4 is 39.7 Å². The molecule has 1 heterocycles. The van der Waals surface area contributed by atoms with Gasteiger partial charge >= 0.3 is 5.97 Å². The molecule has 1 amide bonds. The summed E-state index contributed by atoms with van der Waals surface area (Å²) in [6, 6.07) is 15.4. The smallest absolute Gasteiger partial charge is 0.348 e. The molecule has 0 radical (unpaired) electrons. The van der Waals surface area contributed by atoms with E-state index in [1.165, 1.54) is 11.3 Å². The van der Waals surface area contributed by atoms with Gasteiger partial charge in [-0.1, -0.05) is 37.3 Å². The Morgan fingerprint density at radius 3 is 2.56 bits per heavy atom. The highest BCUT2D eigenvalue weighted by molar-refractivity contribution is 7.14. The summed E-state index contributed by atoms with van der Waals surface area (Å²) in [6.07, 6.45) is 0.881. The van der Waals surface area contributed by atoms with Crippen LogP contribution in [-0.4, -0.2) is 18.5 Å². The molecular formula is C20H19NO3S. The van der Waals surface area contributed by atoms with Gasteiger partial charge in [-0.05, 0) is 47.9 Å². The van der Waals surface area contributed by atoms with Crippen molar-refractivity contribution < 1.29 is 14.3 Å². The number of carbonyl (C=O) groups excluding carboxylic acids is 2. The molecule has 0 atom stereocenters. The first-order valence-corrected chi connectivity index (χ1v) is 8.93. The fourth-order valence-corrected chi connectivity index (χ4v) is 3.65. The molecule has 2 aromatic carbocycles. The van der Waals surface area contributed by atoms with Crippen LogP contribution in [0.3, 0.4) is 0 Å². The molecule has 0 spiro atoms. The molecule has 0 saturated heterocycles. The van der Waals surface area contributed by atoms with Gasteiger partial charge in [-0.15, -0.1) is 11.3 Å². The molecule has 0 aliphatic rings. The first-order valence-electron chi connectivity index (χ1n) is 8.12. The van der Waals surface area contributed by atoms with Crippen molar-refractivity contribution in [2.75, 3.05) is 11.9 Å². The number of nitrogens with one attached hydrogen (secondary N) is 1. The summed E-state index contributed by atoms with van der Waals surface area (Å²) in [5.41, 5.74) is 1.76. The van der Waals surface area contributed by atoms with E-state index in [9.17, 15) is 9.59 Å². The van der Waals surface area contributed by atoms with Crippen molar-refractivity contribution in [2.24, 2.45) is 0 Å². The van der Waals surface area contributed by atoms with Gasteiger partial charge in [0, 0.05) is 10.6 Å². The average molecular weight is 353 g/mol. The lowest BCUT2D eigenvalue weighted by Crippen LogP contribution is -2.20. The van der Waals surface area contributed by atoms with Gasteiger partial charge in [0.2, 0.25) is 0 Å². The fraction of sp³-hybridized carbons (Fsp3) is 0.200. The molecule has 1 aromatic heterocycles. The van der Waals surface area contributed by atoms with E-state index in [-0.39, 0.29) is 12.5 Å². The highest BCUT2D eigenvalue weighted by atomic mass is 32.1. The van der Waals surface area contributed by atoms with E-state index in [0.29, 0.717) is 10.6 Å². The number of anilines is 1. The third-order valence-electron chi connectivity index (χ3n) is 3.91. The molecule has 0 fully saturated rings. The van der Waals surface area contributed by atoms with Gasteiger partial charge in [0.15, 0.2) is 6.61 Å². The van der Waals surface area contributed by atoms with E-state index in [2.05, 4.69) is 5.32 Å². The molecule has 0 saturated carbocycles. The number of hydrogen-bond acceptors (Lipinski definition) is 4. The lowest BCUT2D eigenvalue weighted by Gasteiger charge is -2.07. The maximum absolute atomic E-state index is 12.1. The zero-order chi connectivity index (χ0) is 17.8. The van der Waals surface area contributed by atoms with Crippen molar-refractivity contribution in [2.45, 2.75) is 20.3 Å². The van der Waals surface area contributed by atoms with E-state index >= 15 is 0 Å². The van der Waals surface area contributed by atoms with Crippen molar-refractivity contribution in [3.63, 3.8) is 0 Å². The standard InChI is InChI=1S/C20H19NO3S/c1-3-17-13(2)10-18(25-17)20(23)24-12-19(22)21-16-9-8-14-6-4-5-7-15(14)11-16/h4-11H,3,12H2,1-2H3,(H,21,22). The van der Waals surface area contributed by atoms with Crippen LogP contribution in [0.15, 0.2) is 48.5 Å². The summed E-state index contributed by atoms with van der Waals surface area (Å²) in [7, 11) is 0. The van der Waals surface area contributed by atoms with Gasteiger partial charge in [-0.25, -0.2) is 4.79 Å². The predicted octanol–water partition coefficient (Wildman–Crippen LogP) is 4.57. The van der Waals surface area contributed by atoms with Gasteiger partial charge in [0.05, 0.1) is 0 Å². The van der Waals surface area contributed by atoms with Crippen LogP contribution >= 0.6 is 11.3 Å². The van der Waals surface area contributed by atoms with E-state index in [4.69, 9.17) is 4.74 Å². The van der Waals surface area contributed by atoms with Crippen molar-refractivity contribution in [1.29, 1.82) is 0 Å². The van der Waals surface area contributed by atoms with Gasteiger partial charge in [-0.3, -0.25) is 4.79 Å². The third-order valence-corrected chi connectivity index (χ3v) is 5.27. The second-order valence-electron chi connectivity index (χ2n) is 5.76. The second-order valence-corrected chi connectivity index (χ2v) is 6.89. The molecule has 0 aliphatic heterocycles. The summed E-state index contributed by atoms with van der Waals surface area (Å²) in [5.74, 6) is -0.811. The highest BCUT2D eigenvalue weighted by Gasteiger charge is 2.14. The number of benzene rings is 2. The number of rotatable bonds is 5. The SMILES string of the molecule is CCc1sc(C(=O)OCC(=O)Nc2ccc3ccccc3c2)cc1C. The Morgan fingerprint density at radius 2 is 1.84 bits per heavy atom. The quantitative estimate of drug-likeness (QED) is 0.684. The first-order chi connectivity index (χ1) is 12.1. The van der Waals surface area contributed by atoms with E-state index < -0.39 is 5.97 Å². The summed E-state index contributed by atoms with van der Waals surface area (Å²) >= 11 is 1.42. The van der Waals surface area contributed by atoms with Crippen LogP contribution in [0.1, 0.15) is 27.0 Å². The number of amides is 1. The summed E-state index contributed by atoms with van der Waals surface area (Å²) in [4.78, 5) is 25.8. The number of thiophene rings is 1. The molecule has 4 nitrogen and oxygen atoms in total. The van der Waals surface area contributed by atoms with Crippen LogP contribution in [0.5, 0.6) is 0 Å². The molecule has 0 aliphatic carbocycles. The molecule has 5 heteroatoms. The van der Waals surface area contributed by atoms with Crippen LogP contribution in [-0.2, 0) is 16.0 Å². The van der Waals surface area contributed by atoms with Gasteiger partial charge in [0.25, 0.3) is 5.91 Å². The van der Waals surface area contributed by atoms with Crippen molar-refractivity contribution in [3.8, 4) is 0 Å². The minimum Gasteiger partial charge on any atom is -0.451 e. The number of hydrogen-bond donors (Lipinski definition) is 1. The van der Waals surface area contributed by atoms with Crippen LogP contribution < -0.4 is 5.32 Å². The maximum Gasteiger partial charge on any atom is 0.348 e. The van der Waals surface area contributed by atoms with Gasteiger partial charge in [-0.2, -0.15) is 0 Å². The summed E-state index contributed by atoms with van der Waals surface area (Å²) in [5, 5.41) is 4.90. The number of esters is 1. The number of carbonyl (C=O) groups is 2. The van der Waals surface area contributed by atoms with Crippen LogP contribution in [0.4, 0.5) is 5.69 Å². The Bertz CT molecular complexity index is 930. The zero-order valence-electron chi connectivity index (χ0n) is 14.2. The topological polar surface area (TPSA) is 55.4 Å². The third kappa shape index (κ3) is 4.06. The van der Waals surface area contributed by atoms with Crippen molar-refractivity contribution in [1.82, 2.24) is 0 Å². The summed E-state index contributed by atoms with van der Waals surface area (Å²) in [6.45, 7) is 3.72.